The van der Waals surface area contributed by atoms with Crippen LogP contribution in [-0.4, -0.2) is 25.0 Å². The Morgan fingerprint density at radius 3 is 2.88 bits per heavy atom. The highest BCUT2D eigenvalue weighted by Gasteiger charge is 2.21. The lowest BCUT2D eigenvalue weighted by Crippen LogP contribution is -2.05. The number of aromatic nitrogens is 5. The Bertz CT molecular complexity index is 479. The highest BCUT2D eigenvalue weighted by Crippen LogP contribution is 2.32. The van der Waals surface area contributed by atoms with E-state index in [9.17, 15) is 0 Å². The van der Waals surface area contributed by atoms with Crippen LogP contribution in [0.25, 0.3) is 11.5 Å². The van der Waals surface area contributed by atoms with Crippen molar-refractivity contribution in [3.05, 3.63) is 12.4 Å². The summed E-state index contributed by atoms with van der Waals surface area (Å²) in [5.74, 6) is 1.31. The molecule has 6 heteroatoms. The first-order chi connectivity index (χ1) is 7.84. The number of hydrogen-bond donors (Lipinski definition) is 2. The summed E-state index contributed by atoms with van der Waals surface area (Å²) in [7, 11) is 0. The molecule has 0 amide bonds. The molecule has 0 saturated heterocycles. The fraction of sp³-hybridized carbons (Fsp3) is 0.500. The molecule has 1 fully saturated rings. The number of nitrogens with one attached hydrogen (secondary N) is 1. The van der Waals surface area contributed by atoms with Crippen LogP contribution in [0, 0.1) is 0 Å². The molecular formula is C10H14N6. The van der Waals surface area contributed by atoms with Crippen LogP contribution in [0.3, 0.4) is 0 Å². The Hall–Kier alpha value is -1.85. The largest absolute Gasteiger partial charge is 0.382 e. The third-order valence-corrected chi connectivity index (χ3v) is 3.13. The van der Waals surface area contributed by atoms with Gasteiger partial charge in [0.1, 0.15) is 17.8 Å². The van der Waals surface area contributed by atoms with Gasteiger partial charge in [-0.05, 0) is 12.8 Å². The SMILES string of the molecule is Nc1cc(-c2nncn2C2CCCC2)[nH]n1. The number of H-pyrrole nitrogens is 1. The van der Waals surface area contributed by atoms with E-state index in [0.29, 0.717) is 11.9 Å². The van der Waals surface area contributed by atoms with Crippen LogP contribution >= 0.6 is 0 Å². The van der Waals surface area contributed by atoms with Crippen LogP contribution in [0.2, 0.25) is 0 Å². The second-order valence-electron chi connectivity index (χ2n) is 4.21. The molecule has 0 radical (unpaired) electrons. The summed E-state index contributed by atoms with van der Waals surface area (Å²) in [6.07, 6.45) is 6.77. The van der Waals surface area contributed by atoms with Gasteiger partial charge in [0, 0.05) is 12.1 Å². The van der Waals surface area contributed by atoms with Gasteiger partial charge in [-0.3, -0.25) is 5.10 Å². The maximum atomic E-state index is 5.59. The van der Waals surface area contributed by atoms with Gasteiger partial charge in [0.2, 0.25) is 0 Å². The normalized spacial score (nSPS) is 17.0. The molecule has 3 N–H and O–H groups in total. The molecule has 0 atom stereocenters. The van der Waals surface area contributed by atoms with Gasteiger partial charge in [0.05, 0.1) is 0 Å². The van der Waals surface area contributed by atoms with E-state index >= 15 is 0 Å². The number of nitrogens with two attached hydrogens (primary N) is 1. The first-order valence-corrected chi connectivity index (χ1v) is 5.55. The quantitative estimate of drug-likeness (QED) is 0.797. The average Bonchev–Trinajstić information content (AvgIpc) is 2.96. The van der Waals surface area contributed by atoms with Crippen LogP contribution in [0.1, 0.15) is 31.7 Å². The van der Waals surface area contributed by atoms with Crippen LogP contribution in [0.5, 0.6) is 0 Å². The molecule has 0 spiro atoms. The molecule has 0 aliphatic heterocycles. The number of nitrogen functional groups attached to an aromatic ring is 1. The summed E-state index contributed by atoms with van der Waals surface area (Å²) >= 11 is 0. The molecule has 2 aromatic rings. The maximum absolute atomic E-state index is 5.59. The molecule has 0 unspecified atom stereocenters. The molecule has 16 heavy (non-hydrogen) atoms. The van der Waals surface area contributed by atoms with Crippen LogP contribution in [0.4, 0.5) is 5.82 Å². The second kappa shape index (κ2) is 3.62. The summed E-state index contributed by atoms with van der Waals surface area (Å²) in [5.41, 5.74) is 6.42. The number of rotatable bonds is 2. The minimum absolute atomic E-state index is 0.482. The van der Waals surface area contributed by atoms with Crippen LogP contribution in [0.15, 0.2) is 12.4 Å². The van der Waals surface area contributed by atoms with Gasteiger partial charge < -0.3 is 10.3 Å². The smallest absolute Gasteiger partial charge is 0.182 e. The summed E-state index contributed by atoms with van der Waals surface area (Å²) in [6, 6.07) is 2.31. The number of aromatic amines is 1. The Balaban J connectivity index is 1.98. The van der Waals surface area contributed by atoms with Gasteiger partial charge in [-0.25, -0.2) is 0 Å². The minimum atomic E-state index is 0.482. The van der Waals surface area contributed by atoms with Crippen molar-refractivity contribution in [2.45, 2.75) is 31.7 Å². The van der Waals surface area contributed by atoms with Gasteiger partial charge >= 0.3 is 0 Å². The van der Waals surface area contributed by atoms with E-state index in [4.69, 9.17) is 5.73 Å². The number of hydrogen-bond acceptors (Lipinski definition) is 4. The third kappa shape index (κ3) is 1.46. The van der Waals surface area contributed by atoms with E-state index in [1.807, 2.05) is 0 Å². The fourth-order valence-electron chi connectivity index (χ4n) is 2.34. The van der Waals surface area contributed by atoms with E-state index in [1.165, 1.54) is 25.7 Å². The Morgan fingerprint density at radius 1 is 1.38 bits per heavy atom. The molecular weight excluding hydrogens is 204 g/mol. The van der Waals surface area contributed by atoms with Crippen molar-refractivity contribution in [1.82, 2.24) is 25.0 Å². The molecule has 1 aliphatic rings. The van der Waals surface area contributed by atoms with Gasteiger partial charge in [0.25, 0.3) is 0 Å². The lowest BCUT2D eigenvalue weighted by atomic mass is 10.2. The minimum Gasteiger partial charge on any atom is -0.382 e. The Kier molecular flexibility index (Phi) is 2.12. The topological polar surface area (TPSA) is 85.4 Å². The second-order valence-corrected chi connectivity index (χ2v) is 4.21. The van der Waals surface area contributed by atoms with E-state index in [-0.39, 0.29) is 0 Å². The first-order valence-electron chi connectivity index (χ1n) is 5.55. The van der Waals surface area contributed by atoms with Crippen molar-refractivity contribution in [2.24, 2.45) is 0 Å². The Morgan fingerprint density at radius 2 is 2.19 bits per heavy atom. The molecule has 0 bridgehead atoms. The molecule has 2 aromatic heterocycles. The lowest BCUT2D eigenvalue weighted by molar-refractivity contribution is 0.521. The molecule has 84 valence electrons. The zero-order valence-electron chi connectivity index (χ0n) is 8.93. The average molecular weight is 218 g/mol. The zero-order valence-corrected chi connectivity index (χ0v) is 8.93. The molecule has 6 nitrogen and oxygen atoms in total. The van der Waals surface area contributed by atoms with Gasteiger partial charge in [-0.1, -0.05) is 12.8 Å². The predicted octanol–water partition coefficient (Wildman–Crippen LogP) is 1.37. The molecule has 1 aliphatic carbocycles. The number of nitrogens with zero attached hydrogens (tertiary/aromatic N) is 4. The molecule has 1 saturated carbocycles. The van der Waals surface area contributed by atoms with Gasteiger partial charge in [-0.2, -0.15) is 5.10 Å². The van der Waals surface area contributed by atoms with Crippen molar-refractivity contribution < 1.29 is 0 Å². The van der Waals surface area contributed by atoms with Crippen LogP contribution in [-0.2, 0) is 0 Å². The summed E-state index contributed by atoms with van der Waals surface area (Å²) in [4.78, 5) is 0. The lowest BCUT2D eigenvalue weighted by Gasteiger charge is -2.12. The highest BCUT2D eigenvalue weighted by molar-refractivity contribution is 5.53. The maximum Gasteiger partial charge on any atom is 0.182 e. The Labute approximate surface area is 92.9 Å². The monoisotopic (exact) mass is 218 g/mol. The molecule has 2 heterocycles. The summed E-state index contributed by atoms with van der Waals surface area (Å²) < 4.78 is 2.12. The number of anilines is 1. The van der Waals surface area contributed by atoms with Crippen molar-refractivity contribution in [2.75, 3.05) is 5.73 Å². The van der Waals surface area contributed by atoms with Crippen molar-refractivity contribution in [3.63, 3.8) is 0 Å². The predicted molar refractivity (Wildman–Crippen MR) is 59.5 cm³/mol. The van der Waals surface area contributed by atoms with Gasteiger partial charge in [0.15, 0.2) is 5.82 Å². The zero-order chi connectivity index (χ0) is 11.0. The standard InChI is InChI=1S/C10H14N6/c11-9-5-8(13-14-9)10-15-12-6-16(10)7-3-1-2-4-7/h5-7H,1-4H2,(H3,11,13,14). The van der Waals surface area contributed by atoms with E-state index < -0.39 is 0 Å². The fourth-order valence-corrected chi connectivity index (χ4v) is 2.34. The first kappa shape index (κ1) is 9.38. The van der Waals surface area contributed by atoms with E-state index in [1.54, 1.807) is 12.4 Å². The van der Waals surface area contributed by atoms with Crippen molar-refractivity contribution >= 4 is 5.82 Å². The highest BCUT2D eigenvalue weighted by atomic mass is 15.3. The third-order valence-electron chi connectivity index (χ3n) is 3.13. The van der Waals surface area contributed by atoms with Crippen LogP contribution < -0.4 is 5.73 Å². The van der Waals surface area contributed by atoms with Crippen molar-refractivity contribution in [1.29, 1.82) is 0 Å². The van der Waals surface area contributed by atoms with Gasteiger partial charge in [-0.15, -0.1) is 10.2 Å². The van der Waals surface area contributed by atoms with E-state index in [2.05, 4.69) is 25.0 Å². The van der Waals surface area contributed by atoms with E-state index in [0.717, 1.165) is 11.5 Å². The van der Waals surface area contributed by atoms with Crippen molar-refractivity contribution in [3.8, 4) is 11.5 Å². The molecule has 3 rings (SSSR count). The molecule has 0 aromatic carbocycles. The summed E-state index contributed by atoms with van der Waals surface area (Å²) in [5, 5.41) is 14.9. The summed E-state index contributed by atoms with van der Waals surface area (Å²) in [6.45, 7) is 0.